The second kappa shape index (κ2) is 5.94. The standard InChI is InChI=1S/C19H18N4OS/c1-11-7-17(14-8-12(24-2)3-4-16(14)22-11)23-6-5-13-15(9-20)19(21)25-18(13)10-23/h3-4,7-8H,5-6,10,21H2,1-2H3. The van der Waals surface area contributed by atoms with E-state index in [1.165, 1.54) is 16.2 Å². The number of nitrogen functional groups attached to an aromatic ring is 1. The molecule has 3 heterocycles. The Hall–Kier alpha value is -2.78. The highest BCUT2D eigenvalue weighted by atomic mass is 32.1. The van der Waals surface area contributed by atoms with E-state index in [0.29, 0.717) is 10.6 Å². The molecule has 0 atom stereocenters. The van der Waals surface area contributed by atoms with Crippen molar-refractivity contribution in [3.05, 3.63) is 46.0 Å². The van der Waals surface area contributed by atoms with Gasteiger partial charge < -0.3 is 15.4 Å². The minimum atomic E-state index is 0.631. The summed E-state index contributed by atoms with van der Waals surface area (Å²) in [5.41, 5.74) is 10.9. The van der Waals surface area contributed by atoms with Crippen molar-refractivity contribution in [2.75, 3.05) is 24.3 Å². The van der Waals surface area contributed by atoms with Crippen LogP contribution < -0.4 is 15.4 Å². The Morgan fingerprint density at radius 1 is 1.36 bits per heavy atom. The molecule has 0 saturated heterocycles. The molecule has 0 bridgehead atoms. The van der Waals surface area contributed by atoms with Gasteiger partial charge in [-0.3, -0.25) is 4.98 Å². The number of aromatic nitrogens is 1. The summed E-state index contributed by atoms with van der Waals surface area (Å²) < 4.78 is 5.39. The number of aryl methyl sites for hydroxylation is 1. The Kier molecular flexibility index (Phi) is 3.74. The van der Waals surface area contributed by atoms with Crippen molar-refractivity contribution in [2.45, 2.75) is 19.9 Å². The van der Waals surface area contributed by atoms with Gasteiger partial charge in [-0.1, -0.05) is 0 Å². The number of thiophene rings is 1. The van der Waals surface area contributed by atoms with Crippen LogP contribution in [0.3, 0.4) is 0 Å². The van der Waals surface area contributed by atoms with Crippen molar-refractivity contribution in [1.29, 1.82) is 5.26 Å². The summed E-state index contributed by atoms with van der Waals surface area (Å²) in [6.45, 7) is 3.63. The smallest absolute Gasteiger partial charge is 0.119 e. The van der Waals surface area contributed by atoms with Gasteiger partial charge in [-0.15, -0.1) is 11.3 Å². The lowest BCUT2D eigenvalue weighted by atomic mass is 10.0. The third-order valence-electron chi connectivity index (χ3n) is 4.66. The molecule has 3 aromatic rings. The van der Waals surface area contributed by atoms with Crippen LogP contribution in [0, 0.1) is 18.3 Å². The molecule has 0 saturated carbocycles. The second-order valence-corrected chi connectivity index (χ2v) is 7.33. The maximum atomic E-state index is 9.32. The van der Waals surface area contributed by atoms with Crippen LogP contribution in [0.15, 0.2) is 24.3 Å². The van der Waals surface area contributed by atoms with Crippen molar-refractivity contribution < 1.29 is 4.74 Å². The first-order chi connectivity index (χ1) is 12.1. The number of rotatable bonds is 2. The molecule has 25 heavy (non-hydrogen) atoms. The minimum Gasteiger partial charge on any atom is -0.497 e. The number of hydrogen-bond acceptors (Lipinski definition) is 6. The van der Waals surface area contributed by atoms with Crippen LogP contribution in [-0.4, -0.2) is 18.6 Å². The lowest BCUT2D eigenvalue weighted by molar-refractivity contribution is 0.415. The van der Waals surface area contributed by atoms with Crippen LogP contribution in [0.5, 0.6) is 5.75 Å². The largest absolute Gasteiger partial charge is 0.497 e. The highest BCUT2D eigenvalue weighted by molar-refractivity contribution is 7.16. The molecule has 6 heteroatoms. The number of nitrogens with two attached hydrogens (primary N) is 1. The Morgan fingerprint density at radius 3 is 2.96 bits per heavy atom. The van der Waals surface area contributed by atoms with Crippen LogP contribution in [0.4, 0.5) is 10.7 Å². The SMILES string of the molecule is COc1ccc2nc(C)cc(N3CCc4c(sc(N)c4C#N)C3)c2c1. The number of ether oxygens (including phenoxy) is 1. The molecule has 2 N–H and O–H groups in total. The minimum absolute atomic E-state index is 0.631. The number of anilines is 2. The number of nitriles is 1. The number of methoxy groups -OCH3 is 1. The van der Waals surface area contributed by atoms with Gasteiger partial charge in [0.25, 0.3) is 0 Å². The maximum Gasteiger partial charge on any atom is 0.119 e. The topological polar surface area (TPSA) is 75.2 Å². The number of nitrogens with zero attached hydrogens (tertiary/aromatic N) is 3. The molecule has 5 nitrogen and oxygen atoms in total. The zero-order valence-electron chi connectivity index (χ0n) is 14.2. The van der Waals surface area contributed by atoms with E-state index in [9.17, 15) is 5.26 Å². The predicted molar refractivity (Wildman–Crippen MR) is 101 cm³/mol. The van der Waals surface area contributed by atoms with Crippen LogP contribution in [0.2, 0.25) is 0 Å². The third-order valence-corrected chi connectivity index (χ3v) is 5.70. The first-order valence-corrected chi connectivity index (χ1v) is 8.93. The molecule has 4 rings (SSSR count). The molecule has 1 aliphatic heterocycles. The Bertz CT molecular complexity index is 1020. The van der Waals surface area contributed by atoms with E-state index in [2.05, 4.69) is 22.0 Å². The first kappa shape index (κ1) is 15.7. The summed E-state index contributed by atoms with van der Waals surface area (Å²) in [5, 5.41) is 11.0. The van der Waals surface area contributed by atoms with Gasteiger partial charge in [0.1, 0.15) is 16.8 Å². The summed E-state index contributed by atoms with van der Waals surface area (Å²) >= 11 is 1.53. The van der Waals surface area contributed by atoms with E-state index in [-0.39, 0.29) is 0 Å². The van der Waals surface area contributed by atoms with Gasteiger partial charge in [0.15, 0.2) is 0 Å². The van der Waals surface area contributed by atoms with Crippen LogP contribution in [0.25, 0.3) is 10.9 Å². The van der Waals surface area contributed by atoms with E-state index in [1.54, 1.807) is 7.11 Å². The van der Waals surface area contributed by atoms with Gasteiger partial charge in [-0.2, -0.15) is 5.26 Å². The number of benzene rings is 1. The van der Waals surface area contributed by atoms with Crippen molar-refractivity contribution >= 4 is 32.9 Å². The van der Waals surface area contributed by atoms with E-state index < -0.39 is 0 Å². The molecular weight excluding hydrogens is 332 g/mol. The molecule has 1 aliphatic rings. The number of fused-ring (bicyclic) bond motifs is 2. The molecule has 2 aromatic heterocycles. The van der Waals surface area contributed by atoms with E-state index in [1.807, 2.05) is 25.1 Å². The lowest BCUT2D eigenvalue weighted by Crippen LogP contribution is -2.30. The van der Waals surface area contributed by atoms with Gasteiger partial charge in [0.05, 0.1) is 24.7 Å². The van der Waals surface area contributed by atoms with Gasteiger partial charge in [-0.25, -0.2) is 0 Å². The normalized spacial score (nSPS) is 13.6. The highest BCUT2D eigenvalue weighted by Crippen LogP contribution is 2.38. The molecular formula is C19H18N4OS. The number of hydrogen-bond donors (Lipinski definition) is 1. The fourth-order valence-electron chi connectivity index (χ4n) is 3.46. The molecule has 1 aromatic carbocycles. The summed E-state index contributed by atoms with van der Waals surface area (Å²) in [4.78, 5) is 8.17. The Balaban J connectivity index is 1.81. The predicted octanol–water partition coefficient (Wildman–Crippen LogP) is 3.63. The molecule has 126 valence electrons. The van der Waals surface area contributed by atoms with Crippen LogP contribution >= 0.6 is 11.3 Å². The molecule has 0 unspecified atom stereocenters. The maximum absolute atomic E-state index is 9.32. The monoisotopic (exact) mass is 350 g/mol. The van der Waals surface area contributed by atoms with Crippen molar-refractivity contribution in [3.8, 4) is 11.8 Å². The van der Waals surface area contributed by atoms with Gasteiger partial charge >= 0.3 is 0 Å². The van der Waals surface area contributed by atoms with Crippen molar-refractivity contribution in [1.82, 2.24) is 4.98 Å². The highest BCUT2D eigenvalue weighted by Gasteiger charge is 2.25. The summed E-state index contributed by atoms with van der Waals surface area (Å²) in [7, 11) is 1.67. The lowest BCUT2D eigenvalue weighted by Gasteiger charge is -2.30. The van der Waals surface area contributed by atoms with E-state index in [0.717, 1.165) is 53.1 Å². The van der Waals surface area contributed by atoms with Crippen LogP contribution in [0.1, 0.15) is 21.7 Å². The van der Waals surface area contributed by atoms with Crippen molar-refractivity contribution in [2.24, 2.45) is 0 Å². The zero-order chi connectivity index (χ0) is 17.6. The fraction of sp³-hybridized carbons (Fsp3) is 0.263. The summed E-state index contributed by atoms with van der Waals surface area (Å²) in [6, 6.07) is 10.3. The van der Waals surface area contributed by atoms with Crippen molar-refractivity contribution in [3.63, 3.8) is 0 Å². The molecule has 0 aliphatic carbocycles. The van der Waals surface area contributed by atoms with Gasteiger partial charge in [0, 0.05) is 28.2 Å². The molecule has 0 radical (unpaired) electrons. The number of pyridine rings is 1. The molecule has 0 fully saturated rings. The first-order valence-electron chi connectivity index (χ1n) is 8.11. The summed E-state index contributed by atoms with van der Waals surface area (Å²) in [6.07, 6.45) is 0.832. The second-order valence-electron chi connectivity index (χ2n) is 6.19. The fourth-order valence-corrected chi connectivity index (χ4v) is 4.54. The molecule has 0 amide bonds. The van der Waals surface area contributed by atoms with Gasteiger partial charge in [0.2, 0.25) is 0 Å². The van der Waals surface area contributed by atoms with E-state index >= 15 is 0 Å². The average Bonchev–Trinajstić information content (AvgIpc) is 2.94. The average molecular weight is 350 g/mol. The Labute approximate surface area is 150 Å². The molecule has 0 spiro atoms. The van der Waals surface area contributed by atoms with Crippen LogP contribution in [-0.2, 0) is 13.0 Å². The Morgan fingerprint density at radius 2 is 2.20 bits per heavy atom. The zero-order valence-corrected chi connectivity index (χ0v) is 15.0. The van der Waals surface area contributed by atoms with Gasteiger partial charge in [-0.05, 0) is 43.2 Å². The van der Waals surface area contributed by atoms with E-state index in [4.69, 9.17) is 10.5 Å². The quantitative estimate of drug-likeness (QED) is 0.764. The summed E-state index contributed by atoms with van der Waals surface area (Å²) in [5.74, 6) is 0.823. The third kappa shape index (κ3) is 2.57.